The van der Waals surface area contributed by atoms with E-state index in [1.165, 1.54) is 0 Å². The summed E-state index contributed by atoms with van der Waals surface area (Å²) in [4.78, 5) is 15.7. The zero-order valence-corrected chi connectivity index (χ0v) is 8.97. The number of hydrogen-bond acceptors (Lipinski definition) is 7. The number of amides is 1. The summed E-state index contributed by atoms with van der Waals surface area (Å²) in [5, 5.41) is 9.64. The van der Waals surface area contributed by atoms with Crippen molar-refractivity contribution in [3.63, 3.8) is 0 Å². The molecule has 88 valence electrons. The van der Waals surface area contributed by atoms with Gasteiger partial charge in [0.25, 0.3) is 5.91 Å². The summed E-state index contributed by atoms with van der Waals surface area (Å²) in [6.07, 6.45) is 0. The molecule has 0 aliphatic heterocycles. The predicted molar refractivity (Wildman–Crippen MR) is 59.0 cm³/mol. The van der Waals surface area contributed by atoms with Crippen LogP contribution < -0.4 is 16.6 Å². The molecule has 0 saturated carbocycles. The van der Waals surface area contributed by atoms with Crippen LogP contribution in [0, 0.1) is 6.92 Å². The number of carbonyl (C=O) groups is 1. The second-order valence-electron chi connectivity index (χ2n) is 3.13. The van der Waals surface area contributed by atoms with Crippen LogP contribution in [-0.2, 0) is 0 Å². The average Bonchev–Trinajstić information content (AvgIpc) is 2.75. The number of pyridine rings is 1. The van der Waals surface area contributed by atoms with Crippen LogP contribution >= 0.6 is 0 Å². The third-order valence-electron chi connectivity index (χ3n) is 1.88. The number of carbonyl (C=O) groups excluding carboxylic acids is 1. The molecular weight excluding hydrogens is 224 g/mol. The summed E-state index contributed by atoms with van der Waals surface area (Å²) < 4.78 is 5.01. The molecule has 0 unspecified atom stereocenters. The van der Waals surface area contributed by atoms with Gasteiger partial charge >= 0.3 is 6.01 Å². The van der Waals surface area contributed by atoms with E-state index in [-0.39, 0.29) is 11.7 Å². The van der Waals surface area contributed by atoms with Gasteiger partial charge in [-0.1, -0.05) is 11.2 Å². The maximum Gasteiger partial charge on any atom is 0.322 e. The first kappa shape index (κ1) is 11.0. The Morgan fingerprint density at radius 2 is 2.24 bits per heavy atom. The fourth-order valence-corrected chi connectivity index (χ4v) is 1.15. The lowest BCUT2D eigenvalue weighted by Crippen LogP contribution is -2.16. The van der Waals surface area contributed by atoms with Crippen molar-refractivity contribution in [1.29, 1.82) is 0 Å². The van der Waals surface area contributed by atoms with E-state index in [2.05, 4.69) is 25.9 Å². The Kier molecular flexibility index (Phi) is 2.97. The van der Waals surface area contributed by atoms with E-state index in [4.69, 9.17) is 10.3 Å². The number of nitrogen functional groups attached to an aromatic ring is 1. The fourth-order valence-electron chi connectivity index (χ4n) is 1.15. The third-order valence-corrected chi connectivity index (χ3v) is 1.88. The molecular formula is C9H10N6O2. The number of nitrogens with one attached hydrogen (secondary N) is 2. The zero-order valence-electron chi connectivity index (χ0n) is 8.97. The maximum absolute atomic E-state index is 11.7. The van der Waals surface area contributed by atoms with Crippen LogP contribution in [0.3, 0.4) is 0 Å². The molecule has 0 aliphatic carbocycles. The van der Waals surface area contributed by atoms with Gasteiger partial charge < -0.3 is 9.84 Å². The quantitative estimate of drug-likeness (QED) is 0.516. The zero-order chi connectivity index (χ0) is 12.3. The largest absolute Gasteiger partial charge is 0.408 e. The van der Waals surface area contributed by atoms with Gasteiger partial charge in [0.2, 0.25) is 5.89 Å². The molecule has 0 spiro atoms. The number of hydrazine groups is 1. The highest BCUT2D eigenvalue weighted by molar-refractivity contribution is 6.01. The normalized spacial score (nSPS) is 10.0. The van der Waals surface area contributed by atoms with Gasteiger partial charge in [-0.25, -0.2) is 10.8 Å². The lowest BCUT2D eigenvalue weighted by molar-refractivity contribution is 0.101. The highest BCUT2D eigenvalue weighted by Gasteiger charge is 2.11. The standard InChI is InChI=1S/C9H10N6O2/c1-5-14-15-9(17-5)12-8(16)6-3-2-4-7(11-6)13-10/h2-4H,10H2,1H3,(H,11,13)(H,12,15,16). The Morgan fingerprint density at radius 1 is 1.41 bits per heavy atom. The molecule has 0 fully saturated rings. The number of nitrogens with zero attached hydrogens (tertiary/aromatic N) is 3. The molecule has 2 heterocycles. The van der Waals surface area contributed by atoms with Gasteiger partial charge in [-0.2, -0.15) is 0 Å². The summed E-state index contributed by atoms with van der Waals surface area (Å²) in [7, 11) is 0. The molecule has 8 heteroatoms. The Bertz CT molecular complexity index is 538. The molecule has 0 aromatic carbocycles. The van der Waals surface area contributed by atoms with Crippen molar-refractivity contribution in [1.82, 2.24) is 15.2 Å². The summed E-state index contributed by atoms with van der Waals surface area (Å²) >= 11 is 0. The molecule has 0 saturated heterocycles. The Morgan fingerprint density at radius 3 is 2.88 bits per heavy atom. The smallest absolute Gasteiger partial charge is 0.322 e. The van der Waals surface area contributed by atoms with Crippen LogP contribution in [0.15, 0.2) is 22.6 Å². The molecule has 2 aromatic rings. The number of hydrogen-bond donors (Lipinski definition) is 3. The van der Waals surface area contributed by atoms with Crippen molar-refractivity contribution in [2.45, 2.75) is 6.92 Å². The van der Waals surface area contributed by atoms with E-state index in [1.54, 1.807) is 25.1 Å². The van der Waals surface area contributed by atoms with Crippen molar-refractivity contribution in [2.24, 2.45) is 5.84 Å². The number of nitrogens with two attached hydrogens (primary N) is 1. The van der Waals surface area contributed by atoms with Crippen LogP contribution in [0.5, 0.6) is 0 Å². The minimum Gasteiger partial charge on any atom is -0.408 e. The van der Waals surface area contributed by atoms with E-state index in [0.29, 0.717) is 11.7 Å². The van der Waals surface area contributed by atoms with Gasteiger partial charge in [0.05, 0.1) is 0 Å². The molecule has 2 aromatic heterocycles. The number of aryl methyl sites for hydroxylation is 1. The van der Waals surface area contributed by atoms with E-state index in [9.17, 15) is 4.79 Å². The summed E-state index contributed by atoms with van der Waals surface area (Å²) in [6, 6.07) is 4.85. The van der Waals surface area contributed by atoms with E-state index in [1.807, 2.05) is 0 Å². The van der Waals surface area contributed by atoms with E-state index >= 15 is 0 Å². The molecule has 8 nitrogen and oxygen atoms in total. The van der Waals surface area contributed by atoms with E-state index in [0.717, 1.165) is 0 Å². The topological polar surface area (TPSA) is 119 Å². The molecule has 2 rings (SSSR count). The summed E-state index contributed by atoms with van der Waals surface area (Å²) in [6.45, 7) is 1.62. The Balaban J connectivity index is 2.14. The van der Waals surface area contributed by atoms with Crippen molar-refractivity contribution in [2.75, 3.05) is 10.7 Å². The average molecular weight is 234 g/mol. The first-order valence-electron chi connectivity index (χ1n) is 4.74. The van der Waals surface area contributed by atoms with Gasteiger partial charge in [-0.3, -0.25) is 10.1 Å². The first-order valence-corrected chi connectivity index (χ1v) is 4.74. The van der Waals surface area contributed by atoms with E-state index < -0.39 is 5.91 Å². The highest BCUT2D eigenvalue weighted by Crippen LogP contribution is 2.08. The van der Waals surface area contributed by atoms with Crippen LogP contribution in [0.2, 0.25) is 0 Å². The third kappa shape index (κ3) is 2.55. The Labute approximate surface area is 96.2 Å². The fraction of sp³-hybridized carbons (Fsp3) is 0.111. The van der Waals surface area contributed by atoms with Crippen LogP contribution in [0.4, 0.5) is 11.8 Å². The van der Waals surface area contributed by atoms with Gasteiger partial charge in [-0.15, -0.1) is 5.10 Å². The van der Waals surface area contributed by atoms with Gasteiger partial charge in [0.15, 0.2) is 0 Å². The lowest BCUT2D eigenvalue weighted by atomic mass is 10.3. The van der Waals surface area contributed by atoms with Crippen molar-refractivity contribution >= 4 is 17.7 Å². The van der Waals surface area contributed by atoms with Gasteiger partial charge in [0.1, 0.15) is 11.5 Å². The molecule has 1 amide bonds. The Hall–Kier alpha value is -2.48. The summed E-state index contributed by atoms with van der Waals surface area (Å²) in [5.74, 6) is 5.49. The second kappa shape index (κ2) is 4.58. The van der Waals surface area contributed by atoms with Crippen molar-refractivity contribution in [3.05, 3.63) is 29.8 Å². The molecule has 0 bridgehead atoms. The number of aromatic nitrogens is 3. The highest BCUT2D eigenvalue weighted by atomic mass is 16.4. The minimum atomic E-state index is -0.453. The maximum atomic E-state index is 11.7. The molecule has 0 radical (unpaired) electrons. The molecule has 0 atom stereocenters. The number of rotatable bonds is 3. The second-order valence-corrected chi connectivity index (χ2v) is 3.13. The monoisotopic (exact) mass is 234 g/mol. The molecule has 0 aliphatic rings. The predicted octanol–water partition coefficient (Wildman–Crippen LogP) is 0.311. The molecule has 4 N–H and O–H groups in total. The molecule has 17 heavy (non-hydrogen) atoms. The van der Waals surface area contributed by atoms with Crippen molar-refractivity contribution in [3.8, 4) is 0 Å². The van der Waals surface area contributed by atoms with Crippen LogP contribution in [-0.4, -0.2) is 21.1 Å². The first-order chi connectivity index (χ1) is 8.19. The lowest BCUT2D eigenvalue weighted by Gasteiger charge is -2.02. The number of anilines is 2. The van der Waals surface area contributed by atoms with Crippen LogP contribution in [0.25, 0.3) is 0 Å². The minimum absolute atomic E-state index is 0.0282. The van der Waals surface area contributed by atoms with Crippen molar-refractivity contribution < 1.29 is 9.21 Å². The summed E-state index contributed by atoms with van der Waals surface area (Å²) in [5.41, 5.74) is 2.54. The van der Waals surface area contributed by atoms with Gasteiger partial charge in [0, 0.05) is 6.92 Å². The SMILES string of the molecule is Cc1nnc(NC(=O)c2cccc(NN)n2)o1. The van der Waals surface area contributed by atoms with Crippen LogP contribution in [0.1, 0.15) is 16.4 Å². The van der Waals surface area contributed by atoms with Gasteiger partial charge in [-0.05, 0) is 12.1 Å².